The van der Waals surface area contributed by atoms with E-state index in [0.29, 0.717) is 6.42 Å². The van der Waals surface area contributed by atoms with E-state index in [2.05, 4.69) is 29.4 Å². The summed E-state index contributed by atoms with van der Waals surface area (Å²) in [5, 5.41) is 17.2. The van der Waals surface area contributed by atoms with E-state index in [4.69, 9.17) is 0 Å². The number of thiazole rings is 1. The Morgan fingerprint density at radius 2 is 2.09 bits per heavy atom. The van der Waals surface area contributed by atoms with Crippen molar-refractivity contribution in [3.63, 3.8) is 0 Å². The highest BCUT2D eigenvalue weighted by Gasteiger charge is 2.30. The van der Waals surface area contributed by atoms with Crippen molar-refractivity contribution in [2.45, 2.75) is 39.2 Å². The molecular formula is C17H21N3OS. The van der Waals surface area contributed by atoms with Gasteiger partial charge in [-0.1, -0.05) is 44.2 Å². The number of nitrogens with zero attached hydrogens (tertiary/aromatic N) is 2. The third-order valence-corrected chi connectivity index (χ3v) is 4.57. The van der Waals surface area contributed by atoms with Crippen LogP contribution in [-0.2, 0) is 0 Å². The first-order valence-corrected chi connectivity index (χ1v) is 8.40. The van der Waals surface area contributed by atoms with E-state index >= 15 is 0 Å². The number of benzene rings is 1. The van der Waals surface area contributed by atoms with Gasteiger partial charge in [0.25, 0.3) is 0 Å². The second kappa shape index (κ2) is 6.18. The van der Waals surface area contributed by atoms with E-state index in [9.17, 15) is 5.11 Å². The third kappa shape index (κ3) is 3.72. The van der Waals surface area contributed by atoms with Crippen LogP contribution in [0.3, 0.4) is 0 Å². The summed E-state index contributed by atoms with van der Waals surface area (Å²) in [6.45, 7) is 4.34. The predicted octanol–water partition coefficient (Wildman–Crippen LogP) is 4.15. The molecular weight excluding hydrogens is 294 g/mol. The highest BCUT2D eigenvalue weighted by molar-refractivity contribution is 7.14. The molecule has 116 valence electrons. The molecule has 0 aliphatic heterocycles. The minimum atomic E-state index is -0.291. The van der Waals surface area contributed by atoms with Crippen molar-refractivity contribution >= 4 is 22.2 Å². The summed E-state index contributed by atoms with van der Waals surface area (Å²) in [6, 6.07) is 10.1. The van der Waals surface area contributed by atoms with Gasteiger partial charge in [0.1, 0.15) is 0 Å². The number of hydrazone groups is 1. The molecule has 4 nitrogen and oxygen atoms in total. The Balaban J connectivity index is 1.69. The largest absolute Gasteiger partial charge is 0.393 e. The van der Waals surface area contributed by atoms with E-state index in [1.54, 1.807) is 11.3 Å². The molecule has 1 aromatic heterocycles. The monoisotopic (exact) mass is 315 g/mol. The van der Waals surface area contributed by atoms with Gasteiger partial charge in [0.05, 0.1) is 11.8 Å². The Hall–Kier alpha value is -1.72. The van der Waals surface area contributed by atoms with Gasteiger partial charge in [-0.25, -0.2) is 4.98 Å². The maximum absolute atomic E-state index is 9.94. The van der Waals surface area contributed by atoms with Crippen LogP contribution < -0.4 is 5.43 Å². The van der Waals surface area contributed by atoms with Crippen LogP contribution in [0.15, 0.2) is 40.8 Å². The molecule has 1 fully saturated rings. The minimum Gasteiger partial charge on any atom is -0.393 e. The molecule has 2 N–H and O–H groups in total. The van der Waals surface area contributed by atoms with Crippen LogP contribution in [0.25, 0.3) is 11.3 Å². The zero-order valence-corrected chi connectivity index (χ0v) is 13.7. The standard InChI is InChI=1S/C17H21N3OS/c1-17(2)9-13(8-14(21)10-17)19-20-16-18-15(11-22-16)12-6-4-3-5-7-12/h3-7,11,14,21H,8-10H2,1-2H3,(H,18,20)/b19-13-/t14-/m1/s1. The first kappa shape index (κ1) is 15.2. The first-order chi connectivity index (χ1) is 10.5. The Bertz CT molecular complexity index is 664. The summed E-state index contributed by atoms with van der Waals surface area (Å²) in [6.07, 6.45) is 2.10. The lowest BCUT2D eigenvalue weighted by molar-refractivity contribution is 0.108. The van der Waals surface area contributed by atoms with Crippen molar-refractivity contribution in [3.8, 4) is 11.3 Å². The second-order valence-electron chi connectivity index (χ2n) is 6.60. The van der Waals surface area contributed by atoms with Gasteiger partial charge in [0, 0.05) is 23.1 Å². The number of aliphatic hydroxyl groups excluding tert-OH is 1. The molecule has 1 heterocycles. The van der Waals surface area contributed by atoms with Gasteiger partial charge in [-0.2, -0.15) is 5.10 Å². The van der Waals surface area contributed by atoms with Crippen molar-refractivity contribution < 1.29 is 5.11 Å². The molecule has 0 saturated heterocycles. The fourth-order valence-corrected chi connectivity index (χ4v) is 3.62. The zero-order chi connectivity index (χ0) is 15.6. The Labute approximate surface area is 134 Å². The van der Waals surface area contributed by atoms with Gasteiger partial charge in [-0.15, -0.1) is 11.3 Å². The summed E-state index contributed by atoms with van der Waals surface area (Å²) in [5.41, 5.74) is 6.23. The molecule has 1 saturated carbocycles. The van der Waals surface area contributed by atoms with E-state index in [0.717, 1.165) is 34.9 Å². The lowest BCUT2D eigenvalue weighted by atomic mass is 9.75. The van der Waals surface area contributed by atoms with Gasteiger partial charge in [-0.05, 0) is 18.3 Å². The van der Waals surface area contributed by atoms with Crippen molar-refractivity contribution in [3.05, 3.63) is 35.7 Å². The van der Waals surface area contributed by atoms with Crippen LogP contribution >= 0.6 is 11.3 Å². The molecule has 0 unspecified atom stereocenters. The van der Waals surface area contributed by atoms with E-state index in [1.807, 2.05) is 35.7 Å². The number of hydrogen-bond acceptors (Lipinski definition) is 5. The number of nitrogens with one attached hydrogen (secondary N) is 1. The topological polar surface area (TPSA) is 57.5 Å². The van der Waals surface area contributed by atoms with Gasteiger partial charge in [-0.3, -0.25) is 5.43 Å². The maximum Gasteiger partial charge on any atom is 0.203 e. The molecule has 0 bridgehead atoms. The number of rotatable bonds is 3. The van der Waals surface area contributed by atoms with Crippen molar-refractivity contribution in [1.82, 2.24) is 4.98 Å². The van der Waals surface area contributed by atoms with Crippen LogP contribution in [0.1, 0.15) is 33.1 Å². The number of aliphatic hydroxyl groups is 1. The predicted molar refractivity (Wildman–Crippen MR) is 92.2 cm³/mol. The highest BCUT2D eigenvalue weighted by Crippen LogP contribution is 2.34. The highest BCUT2D eigenvalue weighted by atomic mass is 32.1. The summed E-state index contributed by atoms with van der Waals surface area (Å²) >= 11 is 1.54. The van der Waals surface area contributed by atoms with Gasteiger partial charge in [0.15, 0.2) is 0 Å². The SMILES string of the molecule is CC1(C)C/C(=N\Nc2nc(-c3ccccc3)cs2)C[C@@H](O)C1. The molecule has 2 aromatic rings. The molecule has 1 aliphatic rings. The summed E-state index contributed by atoms with van der Waals surface area (Å²) in [4.78, 5) is 4.56. The van der Waals surface area contributed by atoms with Gasteiger partial charge < -0.3 is 5.11 Å². The van der Waals surface area contributed by atoms with Crippen LogP contribution in [0.2, 0.25) is 0 Å². The van der Waals surface area contributed by atoms with Gasteiger partial charge >= 0.3 is 0 Å². The third-order valence-electron chi connectivity index (χ3n) is 3.83. The fraction of sp³-hybridized carbons (Fsp3) is 0.412. The summed E-state index contributed by atoms with van der Waals surface area (Å²) in [5.74, 6) is 0. The first-order valence-electron chi connectivity index (χ1n) is 7.52. The van der Waals surface area contributed by atoms with E-state index < -0.39 is 0 Å². The molecule has 1 atom stereocenters. The van der Waals surface area contributed by atoms with Gasteiger partial charge in [0.2, 0.25) is 5.13 Å². The normalized spacial score (nSPS) is 22.7. The van der Waals surface area contributed by atoms with Crippen LogP contribution in [0.5, 0.6) is 0 Å². The van der Waals surface area contributed by atoms with Crippen molar-refractivity contribution in [1.29, 1.82) is 0 Å². The Kier molecular flexibility index (Phi) is 4.27. The van der Waals surface area contributed by atoms with E-state index in [-0.39, 0.29) is 11.5 Å². The molecule has 0 amide bonds. The van der Waals surface area contributed by atoms with Crippen LogP contribution in [-0.4, -0.2) is 21.9 Å². The Morgan fingerprint density at radius 3 is 2.82 bits per heavy atom. The lowest BCUT2D eigenvalue weighted by Crippen LogP contribution is -2.32. The fourth-order valence-electron chi connectivity index (χ4n) is 2.96. The smallest absolute Gasteiger partial charge is 0.203 e. The number of anilines is 1. The molecule has 1 aromatic carbocycles. The zero-order valence-electron chi connectivity index (χ0n) is 12.9. The second-order valence-corrected chi connectivity index (χ2v) is 7.45. The quantitative estimate of drug-likeness (QED) is 0.837. The average molecular weight is 315 g/mol. The number of hydrogen-bond donors (Lipinski definition) is 2. The van der Waals surface area contributed by atoms with Crippen molar-refractivity contribution in [2.24, 2.45) is 10.5 Å². The molecule has 5 heteroatoms. The number of aromatic nitrogens is 1. The Morgan fingerprint density at radius 1 is 1.32 bits per heavy atom. The molecule has 3 rings (SSSR count). The molecule has 0 radical (unpaired) electrons. The molecule has 0 spiro atoms. The maximum atomic E-state index is 9.94. The molecule has 1 aliphatic carbocycles. The minimum absolute atomic E-state index is 0.107. The van der Waals surface area contributed by atoms with Crippen LogP contribution in [0, 0.1) is 5.41 Å². The average Bonchev–Trinajstić information content (AvgIpc) is 2.93. The molecule has 22 heavy (non-hydrogen) atoms. The summed E-state index contributed by atoms with van der Waals surface area (Å²) < 4.78 is 0. The van der Waals surface area contributed by atoms with Crippen LogP contribution in [0.4, 0.5) is 5.13 Å². The summed E-state index contributed by atoms with van der Waals surface area (Å²) in [7, 11) is 0. The van der Waals surface area contributed by atoms with E-state index in [1.165, 1.54) is 0 Å². The lowest BCUT2D eigenvalue weighted by Gasteiger charge is -2.33. The van der Waals surface area contributed by atoms with Crippen molar-refractivity contribution in [2.75, 3.05) is 5.43 Å².